The summed E-state index contributed by atoms with van der Waals surface area (Å²) in [6.07, 6.45) is 3.40. The van der Waals surface area contributed by atoms with Crippen LogP contribution in [0.5, 0.6) is 0 Å². The van der Waals surface area contributed by atoms with E-state index < -0.39 is 0 Å². The van der Waals surface area contributed by atoms with E-state index in [-0.39, 0.29) is 12.5 Å². The lowest BCUT2D eigenvalue weighted by atomic mass is 10.2. The third-order valence-corrected chi connectivity index (χ3v) is 1.74. The van der Waals surface area contributed by atoms with Crippen molar-refractivity contribution in [1.82, 2.24) is 15.1 Å². The number of aliphatic hydroxyl groups is 1. The molecule has 0 aromatic carbocycles. The van der Waals surface area contributed by atoms with Gasteiger partial charge in [-0.1, -0.05) is 5.16 Å². The molecule has 0 amide bonds. The van der Waals surface area contributed by atoms with Gasteiger partial charge in [-0.3, -0.25) is 4.98 Å². The molecule has 5 heteroatoms. The third-order valence-electron chi connectivity index (χ3n) is 1.74. The lowest BCUT2D eigenvalue weighted by Crippen LogP contribution is -1.85. The van der Waals surface area contributed by atoms with Crippen LogP contribution in [0.15, 0.2) is 23.0 Å². The van der Waals surface area contributed by atoms with Gasteiger partial charge < -0.3 is 9.63 Å². The van der Waals surface area contributed by atoms with Crippen LogP contribution < -0.4 is 0 Å². The van der Waals surface area contributed by atoms with Gasteiger partial charge in [0.05, 0.1) is 0 Å². The summed E-state index contributed by atoms with van der Waals surface area (Å²) < 4.78 is 4.77. The first-order chi connectivity index (χ1) is 6.79. The molecule has 0 bridgehead atoms. The molecule has 0 fully saturated rings. The SMILES string of the molecule is Cc1cncc(-c2noc(CO)n2)c1. The van der Waals surface area contributed by atoms with Gasteiger partial charge in [0.15, 0.2) is 0 Å². The number of aromatic nitrogens is 3. The molecule has 0 unspecified atom stereocenters. The molecule has 72 valence electrons. The van der Waals surface area contributed by atoms with Gasteiger partial charge in [-0.2, -0.15) is 4.98 Å². The quantitative estimate of drug-likeness (QED) is 0.764. The molecule has 0 spiro atoms. The first-order valence-corrected chi connectivity index (χ1v) is 4.15. The Morgan fingerprint density at radius 3 is 2.93 bits per heavy atom. The second-order valence-corrected chi connectivity index (χ2v) is 2.92. The van der Waals surface area contributed by atoms with Crippen LogP contribution in [0.25, 0.3) is 11.4 Å². The monoisotopic (exact) mass is 191 g/mol. The van der Waals surface area contributed by atoms with Crippen LogP contribution in [0.4, 0.5) is 0 Å². The smallest absolute Gasteiger partial charge is 0.252 e. The number of hydrogen-bond acceptors (Lipinski definition) is 5. The predicted octanol–water partition coefficient (Wildman–Crippen LogP) is 0.932. The van der Waals surface area contributed by atoms with E-state index in [9.17, 15) is 0 Å². The normalized spacial score (nSPS) is 10.4. The first-order valence-electron chi connectivity index (χ1n) is 4.15. The van der Waals surface area contributed by atoms with Crippen LogP contribution in [0.2, 0.25) is 0 Å². The fourth-order valence-electron chi connectivity index (χ4n) is 1.11. The Morgan fingerprint density at radius 1 is 1.43 bits per heavy atom. The van der Waals surface area contributed by atoms with E-state index in [4.69, 9.17) is 9.63 Å². The summed E-state index contributed by atoms with van der Waals surface area (Å²) in [5, 5.41) is 12.5. The highest BCUT2D eigenvalue weighted by atomic mass is 16.5. The number of rotatable bonds is 2. The maximum Gasteiger partial charge on any atom is 0.252 e. The fraction of sp³-hybridized carbons (Fsp3) is 0.222. The van der Waals surface area contributed by atoms with Crippen molar-refractivity contribution in [3.8, 4) is 11.4 Å². The van der Waals surface area contributed by atoms with Gasteiger partial charge in [-0.25, -0.2) is 0 Å². The molecule has 1 N–H and O–H groups in total. The number of aryl methyl sites for hydroxylation is 1. The molecular formula is C9H9N3O2. The lowest BCUT2D eigenvalue weighted by Gasteiger charge is -1.94. The van der Waals surface area contributed by atoms with Crippen LogP contribution in [0, 0.1) is 6.92 Å². The molecule has 0 radical (unpaired) electrons. The van der Waals surface area contributed by atoms with Crippen LogP contribution in [-0.4, -0.2) is 20.2 Å². The minimum absolute atomic E-state index is 0.210. The Bertz CT molecular complexity index is 439. The summed E-state index contributed by atoms with van der Waals surface area (Å²) in [4.78, 5) is 7.98. The number of nitrogens with zero attached hydrogens (tertiary/aromatic N) is 3. The number of aliphatic hydroxyl groups excluding tert-OH is 1. The van der Waals surface area contributed by atoms with Crippen molar-refractivity contribution in [2.45, 2.75) is 13.5 Å². The predicted molar refractivity (Wildman–Crippen MR) is 48.2 cm³/mol. The Kier molecular flexibility index (Phi) is 2.24. The second kappa shape index (κ2) is 3.55. The highest BCUT2D eigenvalue weighted by molar-refractivity contribution is 5.53. The highest BCUT2D eigenvalue weighted by Crippen LogP contribution is 2.15. The van der Waals surface area contributed by atoms with Crippen LogP contribution in [-0.2, 0) is 6.61 Å². The molecule has 2 rings (SSSR count). The molecular weight excluding hydrogens is 182 g/mol. The third kappa shape index (κ3) is 1.62. The second-order valence-electron chi connectivity index (χ2n) is 2.92. The largest absolute Gasteiger partial charge is 0.387 e. The van der Waals surface area contributed by atoms with Gasteiger partial charge in [-0.15, -0.1) is 0 Å². The van der Waals surface area contributed by atoms with E-state index >= 15 is 0 Å². The average Bonchev–Trinajstić information content (AvgIpc) is 2.66. The van der Waals surface area contributed by atoms with Crippen molar-refractivity contribution in [3.05, 3.63) is 29.9 Å². The summed E-state index contributed by atoms with van der Waals surface area (Å²) >= 11 is 0. The van der Waals surface area contributed by atoms with Crippen molar-refractivity contribution in [1.29, 1.82) is 0 Å². The molecule has 2 aromatic heterocycles. The molecule has 0 atom stereocenters. The van der Waals surface area contributed by atoms with E-state index in [1.165, 1.54) is 0 Å². The van der Waals surface area contributed by atoms with Crippen molar-refractivity contribution in [2.75, 3.05) is 0 Å². The van der Waals surface area contributed by atoms with Crippen molar-refractivity contribution < 1.29 is 9.63 Å². The Hall–Kier alpha value is -1.75. The molecule has 0 saturated heterocycles. The molecule has 2 aromatic rings. The maximum atomic E-state index is 8.74. The van der Waals surface area contributed by atoms with Gasteiger partial charge in [0, 0.05) is 18.0 Å². The Morgan fingerprint density at radius 2 is 2.29 bits per heavy atom. The Labute approximate surface area is 80.4 Å². The van der Waals surface area contributed by atoms with Gasteiger partial charge in [0.2, 0.25) is 5.82 Å². The highest BCUT2D eigenvalue weighted by Gasteiger charge is 2.07. The molecule has 0 saturated carbocycles. The topological polar surface area (TPSA) is 72.0 Å². The summed E-state index contributed by atoms with van der Waals surface area (Å²) in [5.74, 6) is 0.659. The van der Waals surface area contributed by atoms with E-state index in [2.05, 4.69) is 15.1 Å². The molecule has 2 heterocycles. The zero-order valence-corrected chi connectivity index (χ0v) is 7.64. The molecule has 5 nitrogen and oxygen atoms in total. The van der Waals surface area contributed by atoms with Crippen molar-refractivity contribution >= 4 is 0 Å². The van der Waals surface area contributed by atoms with Gasteiger partial charge in [0.25, 0.3) is 5.89 Å². The van der Waals surface area contributed by atoms with Crippen LogP contribution in [0.1, 0.15) is 11.5 Å². The van der Waals surface area contributed by atoms with E-state index in [0.717, 1.165) is 11.1 Å². The molecule has 14 heavy (non-hydrogen) atoms. The van der Waals surface area contributed by atoms with Gasteiger partial charge in [-0.05, 0) is 18.6 Å². The molecule has 0 aliphatic heterocycles. The first kappa shape index (κ1) is 8.83. The minimum Gasteiger partial charge on any atom is -0.387 e. The summed E-state index contributed by atoms with van der Waals surface area (Å²) in [7, 11) is 0. The Balaban J connectivity index is 2.39. The van der Waals surface area contributed by atoms with Crippen molar-refractivity contribution in [2.24, 2.45) is 0 Å². The van der Waals surface area contributed by atoms with Crippen molar-refractivity contribution in [3.63, 3.8) is 0 Å². The fourth-order valence-corrected chi connectivity index (χ4v) is 1.11. The van der Waals surface area contributed by atoms with E-state index in [1.807, 2.05) is 13.0 Å². The summed E-state index contributed by atoms with van der Waals surface area (Å²) in [5.41, 5.74) is 1.81. The lowest BCUT2D eigenvalue weighted by molar-refractivity contribution is 0.222. The number of hydrogen-bond donors (Lipinski definition) is 1. The average molecular weight is 191 g/mol. The zero-order valence-electron chi connectivity index (χ0n) is 7.64. The van der Waals surface area contributed by atoms with Crippen LogP contribution >= 0.6 is 0 Å². The maximum absolute atomic E-state index is 8.74. The summed E-state index contributed by atoms with van der Waals surface area (Å²) in [6.45, 7) is 1.69. The van der Waals surface area contributed by atoms with Gasteiger partial charge in [0.1, 0.15) is 6.61 Å². The summed E-state index contributed by atoms with van der Waals surface area (Å²) in [6, 6.07) is 1.90. The van der Waals surface area contributed by atoms with E-state index in [1.54, 1.807) is 12.4 Å². The van der Waals surface area contributed by atoms with E-state index in [0.29, 0.717) is 5.82 Å². The molecule has 0 aliphatic carbocycles. The van der Waals surface area contributed by atoms with Crippen LogP contribution in [0.3, 0.4) is 0 Å². The van der Waals surface area contributed by atoms with Gasteiger partial charge >= 0.3 is 0 Å². The molecule has 0 aliphatic rings. The minimum atomic E-state index is -0.244. The zero-order chi connectivity index (χ0) is 9.97. The standard InChI is InChI=1S/C9H9N3O2/c1-6-2-7(4-10-3-6)9-11-8(5-13)14-12-9/h2-4,13H,5H2,1H3. The number of pyridine rings is 1.